The molecular formula is C14H16N4S2. The van der Waals surface area contributed by atoms with Gasteiger partial charge in [-0.25, -0.2) is 0 Å². The Morgan fingerprint density at radius 3 is 2.05 bits per heavy atom. The minimum atomic E-state index is 0. The van der Waals surface area contributed by atoms with Gasteiger partial charge >= 0.3 is 0 Å². The number of nitrogens with two attached hydrogens (primary N) is 1. The third kappa shape index (κ3) is 5.34. The van der Waals surface area contributed by atoms with E-state index in [4.69, 9.17) is 23.2 Å². The first-order valence-electron chi connectivity index (χ1n) is 5.57. The monoisotopic (exact) mass is 304 g/mol. The van der Waals surface area contributed by atoms with Gasteiger partial charge in [-0.15, -0.1) is 0 Å². The van der Waals surface area contributed by atoms with Gasteiger partial charge in [-0.1, -0.05) is 12.2 Å². The molecule has 0 aliphatic rings. The van der Waals surface area contributed by atoms with E-state index in [1.54, 1.807) is 24.8 Å². The summed E-state index contributed by atoms with van der Waals surface area (Å²) in [4.78, 5) is 8.10. The summed E-state index contributed by atoms with van der Waals surface area (Å²) < 4.78 is 0. The number of hydrogen-bond acceptors (Lipinski definition) is 4. The summed E-state index contributed by atoms with van der Waals surface area (Å²) in [6.45, 7) is 3.84. The molecule has 0 radical (unpaired) electrons. The number of aryl methyl sites for hydroxylation is 2. The summed E-state index contributed by atoms with van der Waals surface area (Å²) in [6, 6.07) is 5.73. The van der Waals surface area contributed by atoms with Crippen LogP contribution in [-0.2, 0) is 0 Å². The molecule has 0 saturated heterocycles. The Labute approximate surface area is 131 Å². The normalized spacial score (nSPS) is 8.45. The van der Waals surface area contributed by atoms with Crippen LogP contribution in [0.15, 0.2) is 36.9 Å². The lowest BCUT2D eigenvalue weighted by molar-refractivity contribution is 1.25. The zero-order valence-electron chi connectivity index (χ0n) is 11.3. The van der Waals surface area contributed by atoms with Gasteiger partial charge in [-0.3, -0.25) is 9.97 Å². The van der Waals surface area contributed by atoms with Crippen LogP contribution in [0, 0.1) is 25.2 Å². The second kappa shape index (κ2) is 9.02. The minimum Gasteiger partial charge on any atom is -0.389 e. The number of nitriles is 1. The first-order chi connectivity index (χ1) is 9.06. The van der Waals surface area contributed by atoms with Crippen molar-refractivity contribution in [3.63, 3.8) is 0 Å². The number of rotatable bonds is 1. The Kier molecular flexibility index (Phi) is 8.13. The van der Waals surface area contributed by atoms with E-state index in [2.05, 4.69) is 9.97 Å². The molecule has 2 rings (SSSR count). The Morgan fingerprint density at radius 2 is 1.70 bits per heavy atom. The van der Waals surface area contributed by atoms with Gasteiger partial charge in [-0.05, 0) is 37.1 Å². The van der Waals surface area contributed by atoms with Crippen molar-refractivity contribution in [2.24, 2.45) is 5.73 Å². The highest BCUT2D eigenvalue weighted by atomic mass is 32.1. The molecule has 0 atom stereocenters. The molecule has 0 amide bonds. The van der Waals surface area contributed by atoms with Crippen molar-refractivity contribution in [3.8, 4) is 6.07 Å². The Balaban J connectivity index is 0.000000345. The molecule has 2 N–H and O–H groups in total. The fourth-order valence-corrected chi connectivity index (χ4v) is 1.52. The number of aromatic nitrogens is 2. The van der Waals surface area contributed by atoms with Gasteiger partial charge in [0.05, 0.1) is 5.56 Å². The minimum absolute atomic E-state index is 0. The summed E-state index contributed by atoms with van der Waals surface area (Å²) in [5.41, 5.74) is 8.97. The molecular weight excluding hydrogens is 288 g/mol. The zero-order valence-corrected chi connectivity index (χ0v) is 13.1. The number of thiocarbonyl (C=S) groups is 1. The first kappa shape index (κ1) is 18.0. The maximum Gasteiger partial charge on any atom is 0.105 e. The van der Waals surface area contributed by atoms with E-state index in [-0.39, 0.29) is 13.5 Å². The van der Waals surface area contributed by atoms with Crippen molar-refractivity contribution in [3.05, 3.63) is 59.2 Å². The third-order valence-electron chi connectivity index (χ3n) is 2.46. The fraction of sp³-hybridized carbons (Fsp3) is 0.143. The topological polar surface area (TPSA) is 75.6 Å². The molecule has 2 aromatic rings. The summed E-state index contributed by atoms with van der Waals surface area (Å²) in [6.07, 6.45) is 6.64. The highest BCUT2D eigenvalue weighted by molar-refractivity contribution is 7.80. The molecule has 0 aliphatic heterocycles. The summed E-state index contributed by atoms with van der Waals surface area (Å²) >= 11 is 4.79. The van der Waals surface area contributed by atoms with Crippen LogP contribution in [0.1, 0.15) is 22.3 Å². The Hall–Kier alpha value is -1.97. The molecule has 104 valence electrons. The number of hydrogen-bond donors (Lipinski definition) is 1. The third-order valence-corrected chi connectivity index (χ3v) is 2.68. The molecule has 20 heavy (non-hydrogen) atoms. The van der Waals surface area contributed by atoms with Crippen LogP contribution in [0.3, 0.4) is 0 Å². The molecule has 2 heterocycles. The molecule has 2 aromatic heterocycles. The molecule has 0 aliphatic carbocycles. The van der Waals surface area contributed by atoms with E-state index >= 15 is 0 Å². The van der Waals surface area contributed by atoms with E-state index in [1.165, 1.54) is 0 Å². The van der Waals surface area contributed by atoms with E-state index in [0.717, 1.165) is 16.7 Å². The van der Waals surface area contributed by atoms with Gasteiger partial charge in [0.2, 0.25) is 0 Å². The second-order valence-electron chi connectivity index (χ2n) is 3.86. The second-order valence-corrected chi connectivity index (χ2v) is 4.30. The predicted octanol–water partition coefficient (Wildman–Crippen LogP) is 2.40. The van der Waals surface area contributed by atoms with Gasteiger partial charge in [-0.2, -0.15) is 18.8 Å². The maximum absolute atomic E-state index is 8.43. The van der Waals surface area contributed by atoms with E-state index in [1.807, 2.05) is 32.0 Å². The molecule has 0 saturated carbocycles. The largest absolute Gasteiger partial charge is 0.389 e. The standard InChI is InChI=1S/C7H8N2S.C7H6N2.H2S/c1-5-2-3-9-4-6(5)7(8)10;1-6-2-3-9-5-7(6)4-8;/h2-4H,1H3,(H2,8,10);2-3,5H,1H3;1H2. The van der Waals surface area contributed by atoms with Crippen molar-refractivity contribution in [1.82, 2.24) is 9.97 Å². The molecule has 0 fully saturated rings. The number of pyridine rings is 2. The van der Waals surface area contributed by atoms with Crippen molar-refractivity contribution >= 4 is 30.7 Å². The molecule has 0 aromatic carbocycles. The number of nitrogens with zero attached hydrogens (tertiary/aromatic N) is 3. The van der Waals surface area contributed by atoms with Crippen LogP contribution in [0.2, 0.25) is 0 Å². The van der Waals surface area contributed by atoms with Gasteiger partial charge in [0, 0.05) is 30.4 Å². The quantitative estimate of drug-likeness (QED) is 0.819. The Morgan fingerprint density at radius 1 is 1.15 bits per heavy atom. The highest BCUT2D eigenvalue weighted by Gasteiger charge is 1.97. The fourth-order valence-electron chi connectivity index (χ4n) is 1.30. The van der Waals surface area contributed by atoms with Crippen LogP contribution < -0.4 is 5.73 Å². The van der Waals surface area contributed by atoms with Gasteiger partial charge in [0.1, 0.15) is 11.1 Å². The van der Waals surface area contributed by atoms with Crippen LogP contribution in [0.4, 0.5) is 0 Å². The van der Waals surface area contributed by atoms with E-state index in [0.29, 0.717) is 10.6 Å². The van der Waals surface area contributed by atoms with Crippen LogP contribution in [0.25, 0.3) is 0 Å². The van der Waals surface area contributed by atoms with Crippen molar-refractivity contribution in [2.45, 2.75) is 13.8 Å². The average molecular weight is 304 g/mol. The van der Waals surface area contributed by atoms with Gasteiger partial charge in [0.25, 0.3) is 0 Å². The average Bonchev–Trinajstić information content (AvgIpc) is 2.40. The summed E-state index contributed by atoms with van der Waals surface area (Å²) in [7, 11) is 0. The van der Waals surface area contributed by atoms with E-state index < -0.39 is 0 Å². The predicted molar refractivity (Wildman–Crippen MR) is 88.9 cm³/mol. The molecule has 4 nitrogen and oxygen atoms in total. The van der Waals surface area contributed by atoms with Crippen LogP contribution in [-0.4, -0.2) is 15.0 Å². The van der Waals surface area contributed by atoms with Gasteiger partial charge in [0.15, 0.2) is 0 Å². The summed E-state index contributed by atoms with van der Waals surface area (Å²) in [5.74, 6) is 0. The zero-order chi connectivity index (χ0) is 14.3. The van der Waals surface area contributed by atoms with Crippen molar-refractivity contribution in [2.75, 3.05) is 0 Å². The lowest BCUT2D eigenvalue weighted by Gasteiger charge is -1.99. The highest BCUT2D eigenvalue weighted by Crippen LogP contribution is 2.03. The maximum atomic E-state index is 8.43. The van der Waals surface area contributed by atoms with Gasteiger partial charge < -0.3 is 5.73 Å². The van der Waals surface area contributed by atoms with Crippen molar-refractivity contribution in [1.29, 1.82) is 5.26 Å². The molecule has 6 heteroatoms. The Bertz CT molecular complexity index is 621. The first-order valence-corrected chi connectivity index (χ1v) is 5.98. The lowest BCUT2D eigenvalue weighted by Crippen LogP contribution is -2.11. The van der Waals surface area contributed by atoms with Crippen LogP contribution in [0.5, 0.6) is 0 Å². The lowest BCUT2D eigenvalue weighted by atomic mass is 10.2. The van der Waals surface area contributed by atoms with Crippen LogP contribution >= 0.6 is 25.7 Å². The molecule has 0 spiro atoms. The molecule has 0 unspecified atom stereocenters. The smallest absolute Gasteiger partial charge is 0.105 e. The van der Waals surface area contributed by atoms with E-state index in [9.17, 15) is 0 Å². The van der Waals surface area contributed by atoms with Crippen molar-refractivity contribution < 1.29 is 0 Å². The SMILES string of the molecule is Cc1ccncc1C#N.Cc1ccncc1C(N)=S.S. The summed E-state index contributed by atoms with van der Waals surface area (Å²) in [5, 5.41) is 8.43. The molecule has 0 bridgehead atoms.